The molecule has 2 heterocycles. The Kier molecular flexibility index (Phi) is 9.59. The predicted molar refractivity (Wildman–Crippen MR) is 113 cm³/mol. The van der Waals surface area contributed by atoms with E-state index in [1.807, 2.05) is 30.3 Å². The van der Waals surface area contributed by atoms with Gasteiger partial charge < -0.3 is 5.32 Å². The van der Waals surface area contributed by atoms with Crippen LogP contribution in [0.4, 0.5) is 13.2 Å². The number of imide groups is 1. The predicted octanol–water partition coefficient (Wildman–Crippen LogP) is 3.17. The molecule has 2 aromatic carbocycles. The fourth-order valence-electron chi connectivity index (χ4n) is 3.06. The van der Waals surface area contributed by atoms with Crippen LogP contribution in [-0.2, 0) is 28.6 Å². The first-order valence-electron chi connectivity index (χ1n) is 9.60. The Hall–Kier alpha value is -1.83. The number of fused-ring (bicyclic) bond motifs is 1. The van der Waals surface area contributed by atoms with E-state index in [4.69, 9.17) is 0 Å². The first kappa shape index (κ1) is 27.4. The van der Waals surface area contributed by atoms with E-state index in [9.17, 15) is 31.2 Å². The normalized spacial score (nSPS) is 17.8. The number of hydrogen-bond acceptors (Lipinski definition) is 6. The molecular weight excluding hydrogens is 518 g/mol. The van der Waals surface area contributed by atoms with Crippen LogP contribution in [0.1, 0.15) is 33.6 Å². The van der Waals surface area contributed by atoms with Crippen molar-refractivity contribution in [3.8, 4) is 0 Å². The van der Waals surface area contributed by atoms with Crippen LogP contribution < -0.4 is 10.0 Å². The molecule has 7 nitrogen and oxygen atoms in total. The smallest absolute Gasteiger partial charge is 0.313 e. The quantitative estimate of drug-likeness (QED) is 0.449. The van der Waals surface area contributed by atoms with Crippen molar-refractivity contribution in [3.63, 3.8) is 0 Å². The fourth-order valence-corrected chi connectivity index (χ4v) is 4.50. The number of alkyl halides is 3. The van der Waals surface area contributed by atoms with Crippen molar-refractivity contribution in [2.75, 3.05) is 13.1 Å². The van der Waals surface area contributed by atoms with E-state index in [1.165, 1.54) is 9.03 Å². The van der Waals surface area contributed by atoms with Crippen molar-refractivity contribution in [3.05, 3.63) is 65.7 Å². The standard InChI is InChI=1S/C14H9NO2S.C6H11F3N2O2S.V/c16-13-11-8-4-5-9-12(11)14(17)15(13)18-10-6-2-1-3-7-10;7-6(8,9)14(12,13)11-4-5-2-1-3-10-5;/h1-9H;5,10-11H,1-4H2;/t;5-;/m.0./s1. The molecule has 2 amide bonds. The second-order valence-electron chi connectivity index (χ2n) is 6.95. The summed E-state index contributed by atoms with van der Waals surface area (Å²) in [5.74, 6) is -0.492. The van der Waals surface area contributed by atoms with Crippen LogP contribution in [0, 0.1) is 0 Å². The number of amides is 2. The Bertz CT molecular complexity index is 1040. The first-order chi connectivity index (χ1) is 15.1. The van der Waals surface area contributed by atoms with Crippen LogP contribution >= 0.6 is 11.9 Å². The van der Waals surface area contributed by atoms with Crippen LogP contribution in [0.2, 0.25) is 0 Å². The Labute approximate surface area is 205 Å². The molecule has 1 fully saturated rings. The molecule has 0 bridgehead atoms. The van der Waals surface area contributed by atoms with Gasteiger partial charge in [-0.3, -0.25) is 9.59 Å². The van der Waals surface area contributed by atoms with Crippen molar-refractivity contribution < 1.29 is 49.7 Å². The van der Waals surface area contributed by atoms with Crippen LogP contribution in [0.5, 0.6) is 0 Å². The summed E-state index contributed by atoms with van der Waals surface area (Å²) >= 11 is 1.16. The van der Waals surface area contributed by atoms with E-state index < -0.39 is 15.5 Å². The molecule has 0 unspecified atom stereocenters. The molecule has 4 rings (SSSR count). The zero-order valence-corrected chi connectivity index (χ0v) is 20.1. The van der Waals surface area contributed by atoms with E-state index >= 15 is 0 Å². The third-order valence-electron chi connectivity index (χ3n) is 4.68. The molecule has 1 saturated heterocycles. The minimum absolute atomic E-state index is 0. The van der Waals surface area contributed by atoms with Gasteiger partial charge in [0.2, 0.25) is 0 Å². The summed E-state index contributed by atoms with van der Waals surface area (Å²) < 4.78 is 59.3. The molecule has 2 N–H and O–H groups in total. The number of nitrogens with zero attached hydrogens (tertiary/aromatic N) is 1. The zero-order valence-electron chi connectivity index (χ0n) is 17.1. The third kappa shape index (κ3) is 6.84. The van der Waals surface area contributed by atoms with Gasteiger partial charge in [0.1, 0.15) is 0 Å². The van der Waals surface area contributed by atoms with Crippen molar-refractivity contribution in [1.29, 1.82) is 0 Å². The zero-order chi connectivity index (χ0) is 23.4. The number of carbonyl (C=O) groups is 2. The molecule has 0 aromatic heterocycles. The number of halogens is 3. The molecule has 1 atom stereocenters. The van der Waals surface area contributed by atoms with E-state index in [0.29, 0.717) is 17.5 Å². The van der Waals surface area contributed by atoms with Gasteiger partial charge in [-0.15, -0.1) is 0 Å². The largest absolute Gasteiger partial charge is 0.511 e. The molecule has 0 spiro atoms. The van der Waals surface area contributed by atoms with Crippen molar-refractivity contribution in [2.45, 2.75) is 29.3 Å². The minimum Gasteiger partial charge on any atom is -0.313 e. The Morgan fingerprint density at radius 1 is 1.00 bits per heavy atom. The molecular formula is C20H20F3N3O4S2V. The summed E-state index contributed by atoms with van der Waals surface area (Å²) in [7, 11) is -5.18. The molecule has 0 aliphatic carbocycles. The van der Waals surface area contributed by atoms with Crippen molar-refractivity contribution in [2.24, 2.45) is 0 Å². The molecule has 1 radical (unpaired) electrons. The second-order valence-corrected chi connectivity index (χ2v) is 9.72. The molecule has 0 saturated carbocycles. The van der Waals surface area contributed by atoms with Gasteiger partial charge in [-0.05, 0) is 55.6 Å². The topological polar surface area (TPSA) is 95.6 Å². The number of carbonyl (C=O) groups excluding carboxylic acids is 2. The van der Waals surface area contributed by atoms with Gasteiger partial charge in [-0.1, -0.05) is 30.3 Å². The van der Waals surface area contributed by atoms with Gasteiger partial charge in [0.25, 0.3) is 11.8 Å². The monoisotopic (exact) mass is 538 g/mol. The number of sulfonamides is 1. The first-order valence-corrected chi connectivity index (χ1v) is 11.9. The second kappa shape index (κ2) is 11.5. The van der Waals surface area contributed by atoms with E-state index in [1.54, 1.807) is 24.3 Å². The van der Waals surface area contributed by atoms with Crippen LogP contribution in [0.15, 0.2) is 59.5 Å². The van der Waals surface area contributed by atoms with E-state index in [2.05, 4.69) is 5.32 Å². The van der Waals surface area contributed by atoms with Crippen LogP contribution in [0.25, 0.3) is 0 Å². The molecule has 13 heteroatoms. The van der Waals surface area contributed by atoms with Gasteiger partial charge in [-0.2, -0.15) is 13.2 Å². The van der Waals surface area contributed by atoms with E-state index in [-0.39, 0.29) is 43.0 Å². The van der Waals surface area contributed by atoms with Gasteiger partial charge in [0, 0.05) is 36.0 Å². The maximum absolute atomic E-state index is 12.1. The summed E-state index contributed by atoms with van der Waals surface area (Å²) in [6.07, 6.45) is 1.55. The average molecular weight is 538 g/mol. The summed E-state index contributed by atoms with van der Waals surface area (Å²) in [5, 5.41) is 2.89. The summed E-state index contributed by atoms with van der Waals surface area (Å²) in [6, 6.07) is 16.1. The minimum atomic E-state index is -5.22. The SMILES string of the molecule is O=C1c2ccccc2C(=O)N1Sc1ccccc1.O=S(=O)(NC[C@@H]1CCCN1)C(F)(F)F.[V]. The van der Waals surface area contributed by atoms with Crippen LogP contribution in [-0.4, -0.2) is 49.2 Å². The van der Waals surface area contributed by atoms with Gasteiger partial charge in [-0.25, -0.2) is 17.4 Å². The number of benzene rings is 2. The maximum Gasteiger partial charge on any atom is 0.511 e. The Morgan fingerprint density at radius 2 is 1.55 bits per heavy atom. The molecule has 2 aliphatic rings. The van der Waals surface area contributed by atoms with Crippen LogP contribution in [0.3, 0.4) is 0 Å². The maximum atomic E-state index is 12.1. The third-order valence-corrected chi connectivity index (χ3v) is 6.84. The van der Waals surface area contributed by atoms with Crippen molar-refractivity contribution in [1.82, 2.24) is 14.3 Å². The molecule has 2 aliphatic heterocycles. The average Bonchev–Trinajstić information content (AvgIpc) is 3.36. The van der Waals surface area contributed by atoms with Gasteiger partial charge in [0.05, 0.1) is 11.1 Å². The Balaban J connectivity index is 0.000000235. The summed E-state index contributed by atoms with van der Waals surface area (Å²) in [5.41, 5.74) is -4.26. The molecule has 177 valence electrons. The summed E-state index contributed by atoms with van der Waals surface area (Å²) in [6.45, 7) is 0.514. The fraction of sp³-hybridized carbons (Fsp3) is 0.300. The van der Waals surface area contributed by atoms with Gasteiger partial charge >= 0.3 is 15.5 Å². The molecule has 2 aromatic rings. The van der Waals surface area contributed by atoms with Crippen molar-refractivity contribution >= 4 is 33.8 Å². The Morgan fingerprint density at radius 3 is 2.03 bits per heavy atom. The molecule has 33 heavy (non-hydrogen) atoms. The summed E-state index contributed by atoms with van der Waals surface area (Å²) in [4.78, 5) is 25.1. The number of hydrogen-bond donors (Lipinski definition) is 2. The number of rotatable bonds is 5. The van der Waals surface area contributed by atoms with Gasteiger partial charge in [0.15, 0.2) is 0 Å². The van der Waals surface area contributed by atoms with E-state index in [0.717, 1.165) is 29.8 Å². The number of nitrogens with one attached hydrogen (secondary N) is 2.